The van der Waals surface area contributed by atoms with Crippen LogP contribution in [0.25, 0.3) is 0 Å². The molecule has 0 saturated carbocycles. The van der Waals surface area contributed by atoms with E-state index in [4.69, 9.17) is 4.74 Å². The number of aryl methyl sites for hydroxylation is 1. The third kappa shape index (κ3) is 2.98. The molecule has 1 aliphatic heterocycles. The van der Waals surface area contributed by atoms with E-state index in [0.29, 0.717) is 6.04 Å². The molecule has 2 heterocycles. The van der Waals surface area contributed by atoms with Crippen LogP contribution in [0.2, 0.25) is 0 Å². The van der Waals surface area contributed by atoms with Crippen LogP contribution in [0, 0.1) is 6.92 Å². The quantitative estimate of drug-likeness (QED) is 0.836. The van der Waals surface area contributed by atoms with E-state index in [0.717, 1.165) is 44.4 Å². The molecule has 0 radical (unpaired) electrons. The second-order valence-corrected chi connectivity index (χ2v) is 4.67. The third-order valence-corrected chi connectivity index (χ3v) is 3.06. The number of hydrogen-bond acceptors (Lipinski definition) is 4. The maximum atomic E-state index is 5.14. The van der Waals surface area contributed by atoms with Crippen molar-refractivity contribution in [1.82, 2.24) is 14.9 Å². The van der Waals surface area contributed by atoms with Crippen molar-refractivity contribution in [2.75, 3.05) is 38.3 Å². The van der Waals surface area contributed by atoms with Crippen molar-refractivity contribution in [3.8, 4) is 0 Å². The summed E-state index contributed by atoms with van der Waals surface area (Å²) in [6.07, 6.45) is 2.10. The van der Waals surface area contributed by atoms with Crippen LogP contribution in [-0.4, -0.2) is 48.9 Å². The van der Waals surface area contributed by atoms with Gasteiger partial charge in [-0.25, -0.2) is 4.98 Å². The van der Waals surface area contributed by atoms with Crippen molar-refractivity contribution >= 4 is 5.95 Å². The molecule has 0 bridgehead atoms. The van der Waals surface area contributed by atoms with Crippen LogP contribution in [0.4, 0.5) is 5.95 Å². The first-order valence-corrected chi connectivity index (χ1v) is 6.21. The first-order valence-electron chi connectivity index (χ1n) is 6.21. The lowest BCUT2D eigenvalue weighted by Gasteiger charge is -2.32. The SMILES string of the molecule is COCCn1cc(C)nc1N1CCNC(C)C1. The molecule has 1 fully saturated rings. The number of methoxy groups -OCH3 is 1. The van der Waals surface area contributed by atoms with E-state index < -0.39 is 0 Å². The van der Waals surface area contributed by atoms with Gasteiger partial charge in [0, 0.05) is 45.5 Å². The van der Waals surface area contributed by atoms with Crippen LogP contribution in [0.15, 0.2) is 6.20 Å². The standard InChI is InChI=1S/C12H22N4O/c1-10-8-15(5-4-13-10)12-14-11(2)9-16(12)6-7-17-3/h9-10,13H,4-8H2,1-3H3. The van der Waals surface area contributed by atoms with Gasteiger partial charge in [-0.05, 0) is 13.8 Å². The highest BCUT2D eigenvalue weighted by atomic mass is 16.5. The first-order chi connectivity index (χ1) is 8.20. The fourth-order valence-corrected chi connectivity index (χ4v) is 2.25. The Balaban J connectivity index is 2.12. The summed E-state index contributed by atoms with van der Waals surface area (Å²) in [6, 6.07) is 0.525. The highest BCUT2D eigenvalue weighted by Crippen LogP contribution is 2.16. The van der Waals surface area contributed by atoms with Crippen LogP contribution in [0.3, 0.4) is 0 Å². The fraction of sp³-hybridized carbons (Fsp3) is 0.750. The maximum absolute atomic E-state index is 5.14. The molecule has 5 heteroatoms. The van der Waals surface area contributed by atoms with Gasteiger partial charge in [0.15, 0.2) is 0 Å². The summed E-state index contributed by atoms with van der Waals surface area (Å²) in [6.45, 7) is 8.91. The molecule has 1 unspecified atom stereocenters. The molecule has 0 spiro atoms. The molecule has 1 aliphatic rings. The summed E-state index contributed by atoms with van der Waals surface area (Å²) < 4.78 is 7.33. The molecule has 2 rings (SSSR count). The Hall–Kier alpha value is -1.07. The monoisotopic (exact) mass is 238 g/mol. The Labute approximate surface area is 103 Å². The zero-order chi connectivity index (χ0) is 12.3. The average Bonchev–Trinajstić information content (AvgIpc) is 2.68. The summed E-state index contributed by atoms with van der Waals surface area (Å²) in [4.78, 5) is 6.98. The predicted octanol–water partition coefficient (Wildman–Crippen LogP) is 0.636. The summed E-state index contributed by atoms with van der Waals surface area (Å²) in [7, 11) is 1.73. The summed E-state index contributed by atoms with van der Waals surface area (Å²) in [5.41, 5.74) is 1.07. The van der Waals surface area contributed by atoms with Crippen LogP contribution in [0.5, 0.6) is 0 Å². The summed E-state index contributed by atoms with van der Waals surface area (Å²) in [5.74, 6) is 1.08. The van der Waals surface area contributed by atoms with E-state index in [1.54, 1.807) is 7.11 Å². The molecule has 1 atom stereocenters. The number of ether oxygens (including phenoxy) is 1. The lowest BCUT2D eigenvalue weighted by Crippen LogP contribution is -2.50. The van der Waals surface area contributed by atoms with Gasteiger partial charge in [0.1, 0.15) is 0 Å². The molecule has 5 nitrogen and oxygen atoms in total. The minimum Gasteiger partial charge on any atom is -0.383 e. The van der Waals surface area contributed by atoms with E-state index in [2.05, 4.69) is 32.9 Å². The number of imidazole rings is 1. The lowest BCUT2D eigenvalue weighted by atomic mass is 10.2. The maximum Gasteiger partial charge on any atom is 0.205 e. The Bertz CT molecular complexity index is 363. The number of aromatic nitrogens is 2. The number of piperazine rings is 1. The fourth-order valence-electron chi connectivity index (χ4n) is 2.25. The largest absolute Gasteiger partial charge is 0.383 e. The van der Waals surface area contributed by atoms with Crippen molar-refractivity contribution < 1.29 is 4.74 Å². The zero-order valence-electron chi connectivity index (χ0n) is 10.9. The van der Waals surface area contributed by atoms with E-state index in [9.17, 15) is 0 Å². The molecule has 1 saturated heterocycles. The highest BCUT2D eigenvalue weighted by Gasteiger charge is 2.20. The van der Waals surface area contributed by atoms with Crippen LogP contribution in [-0.2, 0) is 11.3 Å². The van der Waals surface area contributed by atoms with Gasteiger partial charge < -0.3 is 19.5 Å². The molecular formula is C12H22N4O. The van der Waals surface area contributed by atoms with Gasteiger partial charge in [0.25, 0.3) is 0 Å². The Kier molecular flexibility index (Phi) is 4.02. The van der Waals surface area contributed by atoms with E-state index in [1.807, 2.05) is 6.92 Å². The Morgan fingerprint density at radius 2 is 2.41 bits per heavy atom. The third-order valence-electron chi connectivity index (χ3n) is 3.06. The van der Waals surface area contributed by atoms with Crippen molar-refractivity contribution in [3.63, 3.8) is 0 Å². The van der Waals surface area contributed by atoms with Crippen LogP contribution in [0.1, 0.15) is 12.6 Å². The number of nitrogens with zero attached hydrogens (tertiary/aromatic N) is 3. The molecule has 17 heavy (non-hydrogen) atoms. The van der Waals surface area contributed by atoms with E-state index >= 15 is 0 Å². The second-order valence-electron chi connectivity index (χ2n) is 4.67. The topological polar surface area (TPSA) is 42.3 Å². The second kappa shape index (κ2) is 5.51. The van der Waals surface area contributed by atoms with Gasteiger partial charge in [0.05, 0.1) is 12.3 Å². The van der Waals surface area contributed by atoms with Gasteiger partial charge >= 0.3 is 0 Å². The van der Waals surface area contributed by atoms with Gasteiger partial charge in [-0.15, -0.1) is 0 Å². The molecular weight excluding hydrogens is 216 g/mol. The molecule has 1 aromatic heterocycles. The molecule has 1 aromatic rings. The molecule has 96 valence electrons. The average molecular weight is 238 g/mol. The predicted molar refractivity (Wildman–Crippen MR) is 68.5 cm³/mol. The van der Waals surface area contributed by atoms with Crippen molar-refractivity contribution in [2.45, 2.75) is 26.4 Å². The zero-order valence-corrected chi connectivity index (χ0v) is 10.9. The van der Waals surface area contributed by atoms with Gasteiger partial charge in [0.2, 0.25) is 5.95 Å². The first kappa shape index (κ1) is 12.4. The minimum atomic E-state index is 0.525. The number of nitrogens with one attached hydrogen (secondary N) is 1. The van der Waals surface area contributed by atoms with Crippen molar-refractivity contribution in [1.29, 1.82) is 0 Å². The van der Waals surface area contributed by atoms with Gasteiger partial charge in [-0.1, -0.05) is 0 Å². The van der Waals surface area contributed by atoms with Crippen LogP contribution >= 0.6 is 0 Å². The molecule has 1 N–H and O–H groups in total. The molecule has 0 aromatic carbocycles. The number of rotatable bonds is 4. The van der Waals surface area contributed by atoms with Crippen LogP contribution < -0.4 is 10.2 Å². The Morgan fingerprint density at radius 1 is 1.59 bits per heavy atom. The Morgan fingerprint density at radius 3 is 3.12 bits per heavy atom. The highest BCUT2D eigenvalue weighted by molar-refractivity contribution is 5.34. The molecule has 0 aliphatic carbocycles. The number of anilines is 1. The normalized spacial score (nSPS) is 20.9. The van der Waals surface area contributed by atoms with Gasteiger partial charge in [-0.3, -0.25) is 0 Å². The summed E-state index contributed by atoms with van der Waals surface area (Å²) >= 11 is 0. The lowest BCUT2D eigenvalue weighted by molar-refractivity contribution is 0.187. The molecule has 0 amide bonds. The minimum absolute atomic E-state index is 0.525. The summed E-state index contributed by atoms with van der Waals surface area (Å²) in [5, 5.41) is 3.45. The smallest absolute Gasteiger partial charge is 0.205 e. The van der Waals surface area contributed by atoms with Gasteiger partial charge in [-0.2, -0.15) is 0 Å². The van der Waals surface area contributed by atoms with Crippen molar-refractivity contribution in [3.05, 3.63) is 11.9 Å². The number of hydrogen-bond donors (Lipinski definition) is 1. The van der Waals surface area contributed by atoms with Crippen molar-refractivity contribution in [2.24, 2.45) is 0 Å². The van der Waals surface area contributed by atoms with E-state index in [1.165, 1.54) is 0 Å². The van der Waals surface area contributed by atoms with E-state index in [-0.39, 0.29) is 0 Å².